The summed E-state index contributed by atoms with van der Waals surface area (Å²) in [6.45, 7) is 0.987. The van der Waals surface area contributed by atoms with E-state index in [1.54, 1.807) is 12.3 Å². The number of carboxylic acid groups (broad SMARTS) is 1. The number of rotatable bonds is 4. The van der Waals surface area contributed by atoms with Crippen molar-refractivity contribution >= 4 is 12.0 Å². The Kier molecular flexibility index (Phi) is 5.30. The number of aryl methyl sites for hydroxylation is 1. The molecule has 1 aliphatic rings. The predicted molar refractivity (Wildman–Crippen MR) is 78.3 cm³/mol. The summed E-state index contributed by atoms with van der Waals surface area (Å²) in [5.74, 6) is -5.22. The molecule has 0 unspecified atom stereocenters. The number of urea groups is 1. The lowest BCUT2D eigenvalue weighted by molar-refractivity contribution is -0.187. The Balaban J connectivity index is 1.91. The van der Waals surface area contributed by atoms with Gasteiger partial charge in [0.1, 0.15) is 0 Å². The summed E-state index contributed by atoms with van der Waals surface area (Å²) < 4.78 is 38.7. The molecule has 0 aliphatic carbocycles. The molecule has 6 nitrogen and oxygen atoms in total. The Morgan fingerprint density at radius 1 is 1.42 bits per heavy atom. The molecule has 2 rings (SSSR count). The summed E-state index contributed by atoms with van der Waals surface area (Å²) in [5, 5.41) is 11.5. The molecule has 0 aromatic carbocycles. The number of nitrogens with one attached hydrogen (secondary N) is 1. The van der Waals surface area contributed by atoms with Crippen molar-refractivity contribution in [1.29, 1.82) is 0 Å². The number of alkyl halides is 3. The van der Waals surface area contributed by atoms with Crippen molar-refractivity contribution in [2.24, 2.45) is 11.8 Å². The van der Waals surface area contributed by atoms with Gasteiger partial charge in [0.15, 0.2) is 0 Å². The number of nitrogens with zero attached hydrogens (tertiary/aromatic N) is 2. The van der Waals surface area contributed by atoms with E-state index in [9.17, 15) is 22.8 Å². The first kappa shape index (κ1) is 18.0. The fraction of sp³-hybridized carbons (Fsp3) is 0.533. The zero-order chi connectivity index (χ0) is 17.9. The zero-order valence-corrected chi connectivity index (χ0v) is 13.0. The van der Waals surface area contributed by atoms with Crippen molar-refractivity contribution < 1.29 is 27.9 Å². The SMILES string of the molecule is Cc1cccnc1CCNC(=O)N1C[C@@H](C(F)(F)F)[C@H](C(=O)O)C1. The van der Waals surface area contributed by atoms with E-state index < -0.39 is 43.1 Å². The van der Waals surface area contributed by atoms with Gasteiger partial charge in [-0.25, -0.2) is 4.79 Å². The number of carbonyl (C=O) groups is 2. The molecule has 1 aliphatic heterocycles. The van der Waals surface area contributed by atoms with Crippen LogP contribution in [0.1, 0.15) is 11.3 Å². The second kappa shape index (κ2) is 7.06. The molecule has 1 saturated heterocycles. The second-order valence-corrected chi connectivity index (χ2v) is 5.75. The summed E-state index contributed by atoms with van der Waals surface area (Å²) in [5.41, 5.74) is 1.74. The molecule has 2 N–H and O–H groups in total. The van der Waals surface area contributed by atoms with Crippen LogP contribution in [0.3, 0.4) is 0 Å². The fourth-order valence-corrected chi connectivity index (χ4v) is 2.73. The molecule has 0 saturated carbocycles. The first-order valence-electron chi connectivity index (χ1n) is 7.43. The molecule has 0 radical (unpaired) electrons. The van der Waals surface area contributed by atoms with Crippen LogP contribution >= 0.6 is 0 Å². The number of hydrogen-bond acceptors (Lipinski definition) is 3. The number of likely N-dealkylation sites (tertiary alicyclic amines) is 1. The number of carboxylic acids is 1. The molecule has 24 heavy (non-hydrogen) atoms. The third-order valence-electron chi connectivity index (χ3n) is 4.10. The lowest BCUT2D eigenvalue weighted by Gasteiger charge is -2.18. The van der Waals surface area contributed by atoms with Gasteiger partial charge in [-0.05, 0) is 18.6 Å². The van der Waals surface area contributed by atoms with E-state index in [0.717, 1.165) is 16.2 Å². The summed E-state index contributed by atoms with van der Waals surface area (Å²) in [7, 11) is 0. The average molecular weight is 345 g/mol. The number of aromatic nitrogens is 1. The van der Waals surface area contributed by atoms with E-state index in [1.807, 2.05) is 13.0 Å². The summed E-state index contributed by atoms with van der Waals surface area (Å²) >= 11 is 0. The predicted octanol–water partition coefficient (Wildman–Crippen LogP) is 1.84. The van der Waals surface area contributed by atoms with Gasteiger partial charge in [0.25, 0.3) is 0 Å². The lowest BCUT2D eigenvalue weighted by atomic mass is 9.96. The third kappa shape index (κ3) is 4.15. The maximum atomic E-state index is 12.9. The van der Waals surface area contributed by atoms with E-state index in [1.165, 1.54) is 0 Å². The van der Waals surface area contributed by atoms with Gasteiger partial charge >= 0.3 is 18.2 Å². The molecule has 2 atom stereocenters. The van der Waals surface area contributed by atoms with Crippen molar-refractivity contribution in [2.45, 2.75) is 19.5 Å². The van der Waals surface area contributed by atoms with E-state index >= 15 is 0 Å². The van der Waals surface area contributed by atoms with Crippen LogP contribution in [-0.2, 0) is 11.2 Å². The smallest absolute Gasteiger partial charge is 0.394 e. The molecular formula is C15H18F3N3O3. The molecule has 1 fully saturated rings. The van der Waals surface area contributed by atoms with Gasteiger partial charge < -0.3 is 15.3 Å². The molecule has 9 heteroatoms. The van der Waals surface area contributed by atoms with Crippen molar-refractivity contribution in [3.8, 4) is 0 Å². The maximum Gasteiger partial charge on any atom is 0.394 e. The zero-order valence-electron chi connectivity index (χ0n) is 13.0. The molecule has 132 valence electrons. The minimum absolute atomic E-state index is 0.210. The van der Waals surface area contributed by atoms with Crippen LogP contribution in [0.2, 0.25) is 0 Å². The number of halogens is 3. The highest BCUT2D eigenvalue weighted by atomic mass is 19.4. The molecule has 1 aromatic heterocycles. The van der Waals surface area contributed by atoms with Crippen LogP contribution in [-0.4, -0.2) is 52.8 Å². The minimum atomic E-state index is -4.65. The highest BCUT2D eigenvalue weighted by molar-refractivity contribution is 5.77. The van der Waals surface area contributed by atoms with Crippen LogP contribution in [0.25, 0.3) is 0 Å². The van der Waals surface area contributed by atoms with Crippen molar-refractivity contribution in [3.63, 3.8) is 0 Å². The quantitative estimate of drug-likeness (QED) is 0.872. The average Bonchev–Trinajstić information content (AvgIpc) is 2.95. The lowest BCUT2D eigenvalue weighted by Crippen LogP contribution is -2.40. The van der Waals surface area contributed by atoms with Gasteiger partial charge in [-0.2, -0.15) is 13.2 Å². The first-order valence-corrected chi connectivity index (χ1v) is 7.43. The molecule has 0 bridgehead atoms. The van der Waals surface area contributed by atoms with Gasteiger partial charge in [0.2, 0.25) is 0 Å². The standard InChI is InChI=1S/C15H18F3N3O3/c1-9-3-2-5-19-12(9)4-6-20-14(24)21-7-10(13(22)23)11(8-21)15(16,17)18/h2-3,5,10-11H,4,6-8H2,1H3,(H,20,24)(H,22,23)/t10-,11-/m1/s1. The number of hydrogen-bond donors (Lipinski definition) is 2. The second-order valence-electron chi connectivity index (χ2n) is 5.75. The van der Waals surface area contributed by atoms with Crippen LogP contribution < -0.4 is 5.32 Å². The molecule has 2 heterocycles. The third-order valence-corrected chi connectivity index (χ3v) is 4.10. The molecule has 1 aromatic rings. The van der Waals surface area contributed by atoms with E-state index in [0.29, 0.717) is 6.42 Å². The monoisotopic (exact) mass is 345 g/mol. The summed E-state index contributed by atoms with van der Waals surface area (Å²) in [6, 6.07) is 2.96. The van der Waals surface area contributed by atoms with Gasteiger partial charge in [-0.15, -0.1) is 0 Å². The Morgan fingerprint density at radius 2 is 2.12 bits per heavy atom. The Bertz CT molecular complexity index is 621. The van der Waals surface area contributed by atoms with Crippen molar-refractivity contribution in [2.75, 3.05) is 19.6 Å². The maximum absolute atomic E-state index is 12.9. The number of pyridine rings is 1. The number of amides is 2. The topological polar surface area (TPSA) is 82.5 Å². The highest BCUT2D eigenvalue weighted by Crippen LogP contribution is 2.37. The fourth-order valence-electron chi connectivity index (χ4n) is 2.73. The molecule has 2 amide bonds. The van der Waals surface area contributed by atoms with Crippen LogP contribution in [0.4, 0.5) is 18.0 Å². The largest absolute Gasteiger partial charge is 0.481 e. The van der Waals surface area contributed by atoms with Gasteiger partial charge in [0.05, 0.1) is 11.8 Å². The van der Waals surface area contributed by atoms with Crippen molar-refractivity contribution in [3.05, 3.63) is 29.6 Å². The van der Waals surface area contributed by atoms with Crippen LogP contribution in [0, 0.1) is 18.8 Å². The van der Waals surface area contributed by atoms with Gasteiger partial charge in [-0.1, -0.05) is 6.07 Å². The summed E-state index contributed by atoms with van der Waals surface area (Å²) in [6.07, 6.45) is -2.59. The highest BCUT2D eigenvalue weighted by Gasteiger charge is 2.53. The minimum Gasteiger partial charge on any atom is -0.481 e. The van der Waals surface area contributed by atoms with E-state index in [2.05, 4.69) is 10.3 Å². The molecular weight excluding hydrogens is 327 g/mol. The first-order chi connectivity index (χ1) is 11.2. The van der Waals surface area contributed by atoms with Crippen molar-refractivity contribution in [1.82, 2.24) is 15.2 Å². The Labute approximate surface area is 136 Å². The van der Waals surface area contributed by atoms with E-state index in [-0.39, 0.29) is 6.54 Å². The van der Waals surface area contributed by atoms with Gasteiger partial charge in [-0.3, -0.25) is 9.78 Å². The Morgan fingerprint density at radius 3 is 2.67 bits per heavy atom. The van der Waals surface area contributed by atoms with E-state index in [4.69, 9.17) is 5.11 Å². The summed E-state index contributed by atoms with van der Waals surface area (Å²) in [4.78, 5) is 28.1. The van der Waals surface area contributed by atoms with Crippen LogP contribution in [0.15, 0.2) is 18.3 Å². The van der Waals surface area contributed by atoms with Crippen LogP contribution in [0.5, 0.6) is 0 Å². The van der Waals surface area contributed by atoms with Gasteiger partial charge in [0, 0.05) is 37.9 Å². The number of carbonyl (C=O) groups excluding carboxylic acids is 1. The Hall–Kier alpha value is -2.32. The number of aliphatic carboxylic acids is 1. The molecule has 0 spiro atoms. The normalized spacial score (nSPS) is 20.9.